The molecule has 5 rings (SSSR count). The number of nitrogens with zero attached hydrogens (tertiary/aromatic N) is 4. The van der Waals surface area contributed by atoms with Gasteiger partial charge in [0.1, 0.15) is 16.2 Å². The first-order valence-electron chi connectivity index (χ1n) is 8.21. The van der Waals surface area contributed by atoms with Crippen molar-refractivity contribution in [2.24, 2.45) is 5.10 Å². The second kappa shape index (κ2) is 5.86. The fourth-order valence-corrected chi connectivity index (χ4v) is 5.36. The van der Waals surface area contributed by atoms with E-state index in [2.05, 4.69) is 31.5 Å². The second-order valence-electron chi connectivity index (χ2n) is 6.06. The van der Waals surface area contributed by atoms with Crippen molar-refractivity contribution >= 4 is 54.6 Å². The van der Waals surface area contributed by atoms with Gasteiger partial charge in [-0.15, -0.1) is 22.7 Å². The Morgan fingerprint density at radius 1 is 1.16 bits per heavy atom. The first-order chi connectivity index (χ1) is 12.3. The van der Waals surface area contributed by atoms with Crippen molar-refractivity contribution in [1.29, 1.82) is 0 Å². The number of para-hydroxylation sites is 1. The van der Waals surface area contributed by atoms with Gasteiger partial charge in [-0.25, -0.2) is 15.0 Å². The molecule has 0 saturated heterocycles. The van der Waals surface area contributed by atoms with Crippen LogP contribution in [0.25, 0.3) is 20.4 Å². The lowest BCUT2D eigenvalue weighted by Crippen LogP contribution is -2.01. The van der Waals surface area contributed by atoms with Gasteiger partial charge in [0, 0.05) is 4.88 Å². The highest BCUT2D eigenvalue weighted by atomic mass is 32.1. The van der Waals surface area contributed by atoms with Crippen LogP contribution in [-0.4, -0.2) is 20.7 Å². The number of aryl methyl sites for hydroxylation is 2. The first kappa shape index (κ1) is 14.9. The predicted octanol–water partition coefficient (Wildman–Crippen LogP) is 4.63. The number of hydrogen-bond acceptors (Lipinski definition) is 7. The maximum absolute atomic E-state index is 4.65. The topological polar surface area (TPSA) is 63.1 Å². The third-order valence-corrected chi connectivity index (χ3v) is 6.78. The van der Waals surface area contributed by atoms with Gasteiger partial charge in [-0.2, -0.15) is 5.10 Å². The third-order valence-electron chi connectivity index (χ3n) is 4.43. The van der Waals surface area contributed by atoms with Crippen molar-refractivity contribution in [3.05, 3.63) is 46.0 Å². The Morgan fingerprint density at radius 2 is 2.08 bits per heavy atom. The largest absolute Gasteiger partial charge is 0.260 e. The molecule has 1 aliphatic rings. The van der Waals surface area contributed by atoms with E-state index >= 15 is 0 Å². The first-order valence-corrected chi connectivity index (χ1v) is 9.84. The van der Waals surface area contributed by atoms with Gasteiger partial charge in [0.05, 0.1) is 21.3 Å². The summed E-state index contributed by atoms with van der Waals surface area (Å²) in [5.74, 6) is 0.796. The molecule has 3 heterocycles. The molecule has 3 aromatic heterocycles. The number of anilines is 1. The van der Waals surface area contributed by atoms with Crippen LogP contribution in [0.15, 0.2) is 35.7 Å². The Bertz CT molecular complexity index is 1090. The average Bonchev–Trinajstić information content (AvgIpc) is 3.32. The summed E-state index contributed by atoms with van der Waals surface area (Å²) in [5, 5.41) is 6.61. The number of aromatic nitrogens is 3. The quantitative estimate of drug-likeness (QED) is 0.425. The Kier molecular flexibility index (Phi) is 3.50. The van der Waals surface area contributed by atoms with Gasteiger partial charge in [-0.05, 0) is 43.9 Å². The lowest BCUT2D eigenvalue weighted by Gasteiger charge is -2.03. The number of hydrazone groups is 1. The number of hydrogen-bond donors (Lipinski definition) is 1. The molecule has 1 N–H and O–H groups in total. The molecule has 4 aromatic rings. The molecule has 0 bridgehead atoms. The highest BCUT2D eigenvalue weighted by Gasteiger charge is 2.21. The minimum atomic E-state index is 0.796. The summed E-state index contributed by atoms with van der Waals surface area (Å²) in [6.07, 6.45) is 5.10. The molecule has 0 unspecified atom stereocenters. The Hall–Kier alpha value is -2.38. The highest BCUT2D eigenvalue weighted by Crippen LogP contribution is 2.39. The third kappa shape index (κ3) is 2.51. The van der Waals surface area contributed by atoms with Crippen LogP contribution in [0.5, 0.6) is 0 Å². The van der Waals surface area contributed by atoms with Gasteiger partial charge in [-0.1, -0.05) is 12.1 Å². The van der Waals surface area contributed by atoms with Gasteiger partial charge >= 0.3 is 0 Å². The van der Waals surface area contributed by atoms with Crippen LogP contribution in [0, 0.1) is 0 Å². The molecular weight excluding hydrogens is 350 g/mol. The molecule has 124 valence electrons. The second-order valence-corrected chi connectivity index (χ2v) is 8.17. The maximum atomic E-state index is 4.65. The predicted molar refractivity (Wildman–Crippen MR) is 105 cm³/mol. The van der Waals surface area contributed by atoms with E-state index in [-0.39, 0.29) is 0 Å². The molecule has 1 aliphatic carbocycles. The Morgan fingerprint density at radius 3 is 3.00 bits per heavy atom. The zero-order chi connectivity index (χ0) is 16.8. The number of nitrogens with one attached hydrogen (secondary N) is 1. The molecule has 0 spiro atoms. The van der Waals surface area contributed by atoms with Crippen LogP contribution in [0.1, 0.15) is 28.8 Å². The van der Waals surface area contributed by atoms with Crippen molar-refractivity contribution in [2.45, 2.75) is 26.2 Å². The molecule has 0 amide bonds. The SMILES string of the molecule is C/C(=N/Nc1ncnc2sc3c(c12)CCC3)c1nc2ccccc2s1. The molecule has 1 aromatic carbocycles. The minimum Gasteiger partial charge on any atom is -0.260 e. The van der Waals surface area contributed by atoms with Gasteiger partial charge in [0.2, 0.25) is 0 Å². The van der Waals surface area contributed by atoms with E-state index in [1.165, 1.54) is 21.6 Å². The summed E-state index contributed by atoms with van der Waals surface area (Å²) in [6.45, 7) is 1.97. The van der Waals surface area contributed by atoms with E-state index < -0.39 is 0 Å². The van der Waals surface area contributed by atoms with Crippen molar-refractivity contribution in [1.82, 2.24) is 15.0 Å². The van der Waals surface area contributed by atoms with E-state index in [1.54, 1.807) is 29.0 Å². The molecule has 0 radical (unpaired) electrons. The molecule has 0 fully saturated rings. The Labute approximate surface area is 152 Å². The lowest BCUT2D eigenvalue weighted by atomic mass is 10.2. The molecule has 0 saturated carbocycles. The number of rotatable bonds is 3. The number of benzene rings is 1. The highest BCUT2D eigenvalue weighted by molar-refractivity contribution is 7.20. The minimum absolute atomic E-state index is 0.796. The smallest absolute Gasteiger partial charge is 0.158 e. The maximum Gasteiger partial charge on any atom is 0.158 e. The number of thiophene rings is 1. The van der Waals surface area contributed by atoms with Crippen LogP contribution in [0.4, 0.5) is 5.82 Å². The van der Waals surface area contributed by atoms with Crippen LogP contribution in [0.3, 0.4) is 0 Å². The van der Waals surface area contributed by atoms with Crippen LogP contribution < -0.4 is 5.43 Å². The van der Waals surface area contributed by atoms with Gasteiger partial charge in [-0.3, -0.25) is 5.43 Å². The van der Waals surface area contributed by atoms with Gasteiger partial charge in [0.15, 0.2) is 5.82 Å². The van der Waals surface area contributed by atoms with Crippen molar-refractivity contribution in [2.75, 3.05) is 5.43 Å². The van der Waals surface area contributed by atoms with Gasteiger partial charge < -0.3 is 0 Å². The number of thiazole rings is 1. The zero-order valence-corrected chi connectivity index (χ0v) is 15.2. The lowest BCUT2D eigenvalue weighted by molar-refractivity contribution is 0.917. The van der Waals surface area contributed by atoms with Crippen LogP contribution in [-0.2, 0) is 12.8 Å². The summed E-state index contributed by atoms with van der Waals surface area (Å²) < 4.78 is 1.17. The zero-order valence-electron chi connectivity index (χ0n) is 13.6. The van der Waals surface area contributed by atoms with Crippen molar-refractivity contribution in [3.63, 3.8) is 0 Å². The van der Waals surface area contributed by atoms with E-state index in [0.29, 0.717) is 0 Å². The average molecular weight is 365 g/mol. The van der Waals surface area contributed by atoms with E-state index in [0.717, 1.165) is 45.1 Å². The standard InChI is InChI=1S/C18H15N5S2/c1-10(17-21-12-6-2-3-7-14(12)25-17)22-23-16-15-11-5-4-8-13(11)24-18(15)20-9-19-16/h2-3,6-7,9H,4-5,8H2,1H3,(H,19,20,23)/b22-10-. The van der Waals surface area contributed by atoms with E-state index in [1.807, 2.05) is 25.1 Å². The molecule has 25 heavy (non-hydrogen) atoms. The molecule has 0 atom stereocenters. The normalized spacial score (nSPS) is 14.4. The van der Waals surface area contributed by atoms with E-state index in [9.17, 15) is 0 Å². The summed E-state index contributed by atoms with van der Waals surface area (Å²) >= 11 is 3.44. The summed E-state index contributed by atoms with van der Waals surface area (Å²) in [4.78, 5) is 16.0. The van der Waals surface area contributed by atoms with Gasteiger partial charge in [0.25, 0.3) is 0 Å². The van der Waals surface area contributed by atoms with Crippen molar-refractivity contribution < 1.29 is 0 Å². The van der Waals surface area contributed by atoms with Crippen molar-refractivity contribution in [3.8, 4) is 0 Å². The molecule has 5 nitrogen and oxygen atoms in total. The fraction of sp³-hybridized carbons (Fsp3) is 0.222. The Balaban J connectivity index is 1.51. The van der Waals surface area contributed by atoms with Crippen LogP contribution in [0.2, 0.25) is 0 Å². The fourth-order valence-electron chi connectivity index (χ4n) is 3.22. The number of fused-ring (bicyclic) bond motifs is 4. The molecule has 7 heteroatoms. The summed E-state index contributed by atoms with van der Waals surface area (Å²) in [6, 6.07) is 8.15. The van der Waals surface area contributed by atoms with E-state index in [4.69, 9.17) is 0 Å². The molecule has 0 aliphatic heterocycles. The van der Waals surface area contributed by atoms with Crippen LogP contribution >= 0.6 is 22.7 Å². The monoisotopic (exact) mass is 365 g/mol. The molecular formula is C18H15N5S2. The summed E-state index contributed by atoms with van der Waals surface area (Å²) in [7, 11) is 0. The summed E-state index contributed by atoms with van der Waals surface area (Å²) in [5.41, 5.74) is 6.43.